The fraction of sp³-hybridized carbons (Fsp3) is 0.250. The van der Waals surface area contributed by atoms with Crippen molar-refractivity contribution in [2.24, 2.45) is 7.05 Å². The van der Waals surface area contributed by atoms with E-state index in [1.165, 1.54) is 16.3 Å². The Morgan fingerprint density at radius 1 is 1.21 bits per heavy atom. The summed E-state index contributed by atoms with van der Waals surface area (Å²) >= 11 is 1.42. The largest absolute Gasteiger partial charge is 0.463 e. The lowest BCUT2D eigenvalue weighted by Gasteiger charge is -2.17. The van der Waals surface area contributed by atoms with E-state index in [1.807, 2.05) is 43.3 Å². The summed E-state index contributed by atoms with van der Waals surface area (Å²) in [4.78, 5) is 31.1. The number of imidazole rings is 1. The van der Waals surface area contributed by atoms with Crippen LogP contribution >= 0.6 is 11.8 Å². The Balaban J connectivity index is 1.73. The minimum Gasteiger partial charge on any atom is -0.463 e. The van der Waals surface area contributed by atoms with Gasteiger partial charge in [0.2, 0.25) is 6.29 Å². The van der Waals surface area contributed by atoms with Crippen LogP contribution < -0.4 is 16.0 Å². The van der Waals surface area contributed by atoms with Crippen LogP contribution in [0.3, 0.4) is 0 Å². The molecule has 0 aliphatic carbocycles. The molecule has 0 fully saturated rings. The van der Waals surface area contributed by atoms with Crippen molar-refractivity contribution in [2.45, 2.75) is 24.9 Å². The van der Waals surface area contributed by atoms with Crippen molar-refractivity contribution in [2.75, 3.05) is 5.75 Å². The molecule has 0 aliphatic rings. The number of aromatic amines is 1. The molecule has 150 valence electrons. The Hall–Kier alpha value is -3.04. The zero-order valence-corrected chi connectivity index (χ0v) is 16.8. The van der Waals surface area contributed by atoms with E-state index in [0.717, 1.165) is 16.5 Å². The number of benzene rings is 2. The highest BCUT2D eigenvalue weighted by molar-refractivity contribution is 7.99. The van der Waals surface area contributed by atoms with Crippen LogP contribution in [0.5, 0.6) is 5.75 Å². The fourth-order valence-electron chi connectivity index (χ4n) is 3.26. The van der Waals surface area contributed by atoms with Crippen LogP contribution in [-0.4, -0.2) is 36.3 Å². The molecule has 0 unspecified atom stereocenters. The van der Waals surface area contributed by atoms with E-state index in [1.54, 1.807) is 17.7 Å². The highest BCUT2D eigenvalue weighted by atomic mass is 32.2. The number of rotatable bonds is 6. The van der Waals surface area contributed by atoms with Gasteiger partial charge in [0, 0.05) is 12.4 Å². The number of ether oxygens (including phenoxy) is 1. The van der Waals surface area contributed by atoms with Crippen LogP contribution in [0, 0.1) is 0 Å². The average Bonchev–Trinajstić information content (AvgIpc) is 3.05. The number of aliphatic hydroxyl groups excluding tert-OH is 1. The predicted octanol–water partition coefficient (Wildman–Crippen LogP) is 2.09. The second-order valence-corrected chi connectivity index (χ2v) is 7.71. The van der Waals surface area contributed by atoms with Gasteiger partial charge in [-0.25, -0.2) is 9.78 Å². The van der Waals surface area contributed by atoms with Gasteiger partial charge in [-0.2, -0.15) is 0 Å². The van der Waals surface area contributed by atoms with Crippen LogP contribution in [0.2, 0.25) is 0 Å². The topological polar surface area (TPSA) is 102 Å². The van der Waals surface area contributed by atoms with Gasteiger partial charge in [0.25, 0.3) is 5.56 Å². The molecule has 0 saturated carbocycles. The maximum absolute atomic E-state index is 12.4. The zero-order valence-electron chi connectivity index (χ0n) is 16.0. The van der Waals surface area contributed by atoms with Crippen molar-refractivity contribution >= 4 is 33.7 Å². The van der Waals surface area contributed by atoms with Gasteiger partial charge in [0.15, 0.2) is 16.3 Å². The Kier molecular flexibility index (Phi) is 5.16. The van der Waals surface area contributed by atoms with Crippen LogP contribution in [0.1, 0.15) is 6.92 Å². The molecule has 2 aromatic heterocycles. The van der Waals surface area contributed by atoms with Gasteiger partial charge in [-0.05, 0) is 17.2 Å². The smallest absolute Gasteiger partial charge is 0.329 e. The highest BCUT2D eigenvalue weighted by Gasteiger charge is 2.20. The molecule has 2 heterocycles. The number of aryl methyl sites for hydroxylation is 1. The van der Waals surface area contributed by atoms with Crippen molar-refractivity contribution < 1.29 is 9.84 Å². The highest BCUT2D eigenvalue weighted by Crippen LogP contribution is 2.27. The second-order valence-electron chi connectivity index (χ2n) is 6.48. The molecular weight excluding hydrogens is 392 g/mol. The maximum atomic E-state index is 12.4. The van der Waals surface area contributed by atoms with Gasteiger partial charge in [-0.1, -0.05) is 55.1 Å². The minimum absolute atomic E-state index is 0.0106. The standard InChI is InChI=1S/C20H20N4O4S/c1-3-29-20-21-17-16(18(26)22-19(27)23(17)2)24(20)11-15(25)28-14-10-6-8-12-7-4-5-9-13(12)14/h4-10,15,25H,3,11H2,1-2H3,(H,22,26,27)/t15-/m1/s1. The van der Waals surface area contributed by atoms with Crippen molar-refractivity contribution in [1.29, 1.82) is 0 Å². The third kappa shape index (κ3) is 3.54. The number of fused-ring (bicyclic) bond motifs is 2. The van der Waals surface area contributed by atoms with Crippen molar-refractivity contribution in [3.8, 4) is 5.75 Å². The summed E-state index contributed by atoms with van der Waals surface area (Å²) in [5.74, 6) is 1.26. The number of aromatic nitrogens is 4. The number of nitrogens with one attached hydrogen (secondary N) is 1. The summed E-state index contributed by atoms with van der Waals surface area (Å²) in [6.07, 6.45) is -1.22. The molecule has 2 N–H and O–H groups in total. The SMILES string of the molecule is CCSc1nc2c(c(=O)[nH]c(=O)n2C)n1C[C@H](O)Oc1cccc2ccccc12. The zero-order chi connectivity index (χ0) is 20.5. The Bertz CT molecular complexity index is 1300. The van der Waals surface area contributed by atoms with Crippen molar-refractivity contribution in [1.82, 2.24) is 19.1 Å². The monoisotopic (exact) mass is 412 g/mol. The lowest BCUT2D eigenvalue weighted by atomic mass is 10.1. The molecule has 1 atom stereocenters. The maximum Gasteiger partial charge on any atom is 0.329 e. The first kappa shape index (κ1) is 19.3. The summed E-state index contributed by atoms with van der Waals surface area (Å²) in [6, 6.07) is 13.3. The number of thioether (sulfide) groups is 1. The van der Waals surface area contributed by atoms with Crippen molar-refractivity contribution in [3.05, 3.63) is 63.3 Å². The Morgan fingerprint density at radius 2 is 1.97 bits per heavy atom. The molecule has 2 aromatic carbocycles. The van der Waals surface area contributed by atoms with Crippen LogP contribution in [0.4, 0.5) is 0 Å². The molecule has 8 nitrogen and oxygen atoms in total. The molecule has 4 aromatic rings. The van der Waals surface area contributed by atoms with Gasteiger partial charge in [0.05, 0.1) is 6.54 Å². The normalized spacial score (nSPS) is 12.5. The van der Waals surface area contributed by atoms with E-state index in [0.29, 0.717) is 10.9 Å². The summed E-state index contributed by atoms with van der Waals surface area (Å²) < 4.78 is 8.67. The summed E-state index contributed by atoms with van der Waals surface area (Å²) in [5, 5.41) is 13.1. The van der Waals surface area contributed by atoms with E-state index in [2.05, 4.69) is 9.97 Å². The number of hydrogen-bond acceptors (Lipinski definition) is 6. The van der Waals surface area contributed by atoms with E-state index in [-0.39, 0.29) is 17.7 Å². The van der Waals surface area contributed by atoms with Gasteiger partial charge in [-0.3, -0.25) is 14.3 Å². The summed E-state index contributed by atoms with van der Waals surface area (Å²) in [5.41, 5.74) is -0.584. The first-order valence-electron chi connectivity index (χ1n) is 9.14. The van der Waals surface area contributed by atoms with Crippen LogP contribution in [0.15, 0.2) is 57.2 Å². The van der Waals surface area contributed by atoms with Gasteiger partial charge in [0.1, 0.15) is 5.75 Å². The van der Waals surface area contributed by atoms with E-state index >= 15 is 0 Å². The molecule has 29 heavy (non-hydrogen) atoms. The van der Waals surface area contributed by atoms with E-state index in [4.69, 9.17) is 4.74 Å². The Labute approximate surface area is 169 Å². The number of H-pyrrole nitrogens is 1. The number of aliphatic hydroxyl groups is 1. The third-order valence-electron chi connectivity index (χ3n) is 4.60. The van der Waals surface area contributed by atoms with Crippen LogP contribution in [0.25, 0.3) is 21.9 Å². The third-order valence-corrected chi connectivity index (χ3v) is 5.46. The molecule has 0 radical (unpaired) electrons. The molecule has 9 heteroatoms. The van der Waals surface area contributed by atoms with Gasteiger partial charge in [-0.15, -0.1) is 0 Å². The molecule has 0 saturated heterocycles. The quantitative estimate of drug-likeness (QED) is 0.371. The predicted molar refractivity (Wildman–Crippen MR) is 113 cm³/mol. The average molecular weight is 412 g/mol. The number of nitrogens with zero attached hydrogens (tertiary/aromatic N) is 3. The second kappa shape index (κ2) is 7.76. The van der Waals surface area contributed by atoms with Crippen LogP contribution in [-0.2, 0) is 13.6 Å². The minimum atomic E-state index is -1.22. The lowest BCUT2D eigenvalue weighted by molar-refractivity contribution is -0.0291. The summed E-state index contributed by atoms with van der Waals surface area (Å²) in [7, 11) is 1.54. The van der Waals surface area contributed by atoms with Gasteiger partial charge >= 0.3 is 5.69 Å². The molecular formula is C20H20N4O4S. The Morgan fingerprint density at radius 3 is 2.76 bits per heavy atom. The molecule has 4 rings (SSSR count). The van der Waals surface area contributed by atoms with Gasteiger partial charge < -0.3 is 14.4 Å². The molecule has 0 aliphatic heterocycles. The van der Waals surface area contributed by atoms with E-state index < -0.39 is 17.5 Å². The number of hydrogen-bond donors (Lipinski definition) is 2. The lowest BCUT2D eigenvalue weighted by Crippen LogP contribution is -2.30. The fourth-order valence-corrected chi connectivity index (χ4v) is 3.99. The first-order chi connectivity index (χ1) is 14.0. The summed E-state index contributed by atoms with van der Waals surface area (Å²) in [6.45, 7) is 1.95. The first-order valence-corrected chi connectivity index (χ1v) is 10.1. The molecule has 0 bridgehead atoms. The molecule has 0 spiro atoms. The molecule has 0 amide bonds. The van der Waals surface area contributed by atoms with Crippen molar-refractivity contribution in [3.63, 3.8) is 0 Å². The van der Waals surface area contributed by atoms with E-state index in [9.17, 15) is 14.7 Å².